The van der Waals surface area contributed by atoms with Crippen molar-refractivity contribution in [2.24, 2.45) is 0 Å². The van der Waals surface area contributed by atoms with Gasteiger partial charge in [-0.2, -0.15) is 0 Å². The fraction of sp³-hybridized carbons (Fsp3) is 0.438. The molecular formula is C16H18N4O2. The van der Waals surface area contributed by atoms with Crippen LogP contribution in [-0.4, -0.2) is 27.3 Å². The number of aromatic nitrogens is 3. The van der Waals surface area contributed by atoms with Gasteiger partial charge >= 0.3 is 0 Å². The van der Waals surface area contributed by atoms with E-state index >= 15 is 0 Å². The number of carbonyl (C=O) groups excluding carboxylic acids is 1. The van der Waals surface area contributed by atoms with Gasteiger partial charge in [-0.3, -0.25) is 14.7 Å². The summed E-state index contributed by atoms with van der Waals surface area (Å²) in [6.07, 6.45) is 2.93. The lowest BCUT2D eigenvalue weighted by Crippen LogP contribution is -2.27. The lowest BCUT2D eigenvalue weighted by molar-refractivity contribution is -0.118. The lowest BCUT2D eigenvalue weighted by atomic mass is 9.92. The van der Waals surface area contributed by atoms with Crippen molar-refractivity contribution < 1.29 is 9.53 Å². The number of hydrogen-bond acceptors (Lipinski definition) is 4. The number of hydrogen-bond donors (Lipinski definition) is 1. The molecule has 0 saturated heterocycles. The predicted molar refractivity (Wildman–Crippen MR) is 81.0 cm³/mol. The summed E-state index contributed by atoms with van der Waals surface area (Å²) < 4.78 is 7.65. The van der Waals surface area contributed by atoms with Gasteiger partial charge in [-0.05, 0) is 32.3 Å². The molecule has 0 bridgehead atoms. The zero-order chi connectivity index (χ0) is 15.1. The normalized spacial score (nSPS) is 20.1. The van der Waals surface area contributed by atoms with E-state index in [-0.39, 0.29) is 11.8 Å². The van der Waals surface area contributed by atoms with E-state index in [2.05, 4.69) is 15.5 Å². The van der Waals surface area contributed by atoms with Crippen molar-refractivity contribution in [3.8, 4) is 5.75 Å². The number of rotatable bonds is 3. The van der Waals surface area contributed by atoms with Gasteiger partial charge in [0.2, 0.25) is 11.9 Å². The first-order chi connectivity index (χ1) is 10.7. The van der Waals surface area contributed by atoms with Crippen molar-refractivity contribution in [1.29, 1.82) is 0 Å². The summed E-state index contributed by atoms with van der Waals surface area (Å²) in [6.45, 7) is 2.48. The largest absolute Gasteiger partial charge is 0.493 e. The van der Waals surface area contributed by atoms with Crippen molar-refractivity contribution in [2.75, 3.05) is 11.9 Å². The Kier molecular flexibility index (Phi) is 3.10. The van der Waals surface area contributed by atoms with E-state index in [1.54, 1.807) is 0 Å². The number of carbonyl (C=O) groups is 1. The molecule has 2 heterocycles. The minimum atomic E-state index is -0.199. The molecule has 1 aromatic carbocycles. The van der Waals surface area contributed by atoms with Crippen LogP contribution in [0.1, 0.15) is 42.6 Å². The number of aryl methyl sites for hydroxylation is 1. The standard InChI is InChI=1S/C16H18N4O2/c1-10-18-19-16(20(10)11-6-7-11)17-15(21)13-8-9-22-14-5-3-2-4-12(13)14/h2-5,11,13H,6-9H2,1H3,(H,17,19,21). The van der Waals surface area contributed by atoms with E-state index in [0.29, 0.717) is 25.0 Å². The van der Waals surface area contributed by atoms with Crippen LogP contribution in [0.15, 0.2) is 24.3 Å². The topological polar surface area (TPSA) is 69.0 Å². The number of nitrogens with zero attached hydrogens (tertiary/aromatic N) is 3. The van der Waals surface area contributed by atoms with E-state index in [4.69, 9.17) is 4.74 Å². The van der Waals surface area contributed by atoms with E-state index < -0.39 is 0 Å². The molecular weight excluding hydrogens is 280 g/mol. The van der Waals surface area contributed by atoms with Crippen molar-refractivity contribution in [3.63, 3.8) is 0 Å². The molecule has 1 amide bonds. The number of ether oxygens (including phenoxy) is 1. The smallest absolute Gasteiger partial charge is 0.234 e. The van der Waals surface area contributed by atoms with Gasteiger partial charge in [-0.25, -0.2) is 0 Å². The maximum absolute atomic E-state index is 12.7. The Bertz CT molecular complexity index is 721. The maximum atomic E-state index is 12.7. The Morgan fingerprint density at radius 1 is 1.27 bits per heavy atom. The molecule has 1 atom stereocenters. The van der Waals surface area contributed by atoms with Crippen LogP contribution in [0, 0.1) is 6.92 Å². The number of amides is 1. The van der Waals surface area contributed by atoms with Crippen LogP contribution < -0.4 is 10.1 Å². The Morgan fingerprint density at radius 2 is 2.09 bits per heavy atom. The van der Waals surface area contributed by atoms with Crippen molar-refractivity contribution >= 4 is 11.9 Å². The number of benzene rings is 1. The summed E-state index contributed by atoms with van der Waals surface area (Å²) in [5.41, 5.74) is 0.945. The van der Waals surface area contributed by atoms with Gasteiger partial charge in [-0.1, -0.05) is 18.2 Å². The van der Waals surface area contributed by atoms with Gasteiger partial charge in [0, 0.05) is 11.6 Å². The van der Waals surface area contributed by atoms with Crippen molar-refractivity contribution in [2.45, 2.75) is 38.1 Å². The molecule has 1 fully saturated rings. The quantitative estimate of drug-likeness (QED) is 0.945. The highest BCUT2D eigenvalue weighted by Gasteiger charge is 2.31. The first kappa shape index (κ1) is 13.3. The van der Waals surface area contributed by atoms with Gasteiger partial charge in [-0.15, -0.1) is 10.2 Å². The maximum Gasteiger partial charge on any atom is 0.234 e. The second-order valence-electron chi connectivity index (χ2n) is 5.89. The highest BCUT2D eigenvalue weighted by Crippen LogP contribution is 2.38. The number of fused-ring (bicyclic) bond motifs is 1. The molecule has 6 heteroatoms. The number of para-hydroxylation sites is 1. The molecule has 22 heavy (non-hydrogen) atoms. The van der Waals surface area contributed by atoms with Crippen LogP contribution in [0.25, 0.3) is 0 Å². The first-order valence-electron chi connectivity index (χ1n) is 7.68. The van der Waals surface area contributed by atoms with Crippen molar-refractivity contribution in [3.05, 3.63) is 35.7 Å². The SMILES string of the molecule is Cc1nnc(NC(=O)C2CCOc3ccccc32)n1C1CC1. The Hall–Kier alpha value is -2.37. The average Bonchev–Trinajstić information content (AvgIpc) is 3.31. The van der Waals surface area contributed by atoms with E-state index in [1.807, 2.05) is 35.8 Å². The van der Waals surface area contributed by atoms with E-state index in [1.165, 1.54) is 0 Å². The summed E-state index contributed by atoms with van der Waals surface area (Å²) in [5, 5.41) is 11.2. The Labute approximate surface area is 128 Å². The molecule has 1 aliphatic heterocycles. The summed E-state index contributed by atoms with van der Waals surface area (Å²) in [4.78, 5) is 12.7. The van der Waals surface area contributed by atoms with E-state index in [9.17, 15) is 4.79 Å². The minimum Gasteiger partial charge on any atom is -0.493 e. The first-order valence-corrected chi connectivity index (χ1v) is 7.68. The third-order valence-corrected chi connectivity index (χ3v) is 4.29. The second-order valence-corrected chi connectivity index (χ2v) is 5.89. The average molecular weight is 298 g/mol. The van der Waals surface area contributed by atoms with Gasteiger partial charge in [0.05, 0.1) is 12.5 Å². The highest BCUT2D eigenvalue weighted by molar-refractivity contribution is 5.95. The molecule has 1 saturated carbocycles. The second kappa shape index (κ2) is 5.12. The monoisotopic (exact) mass is 298 g/mol. The van der Waals surface area contributed by atoms with Gasteiger partial charge < -0.3 is 4.74 Å². The predicted octanol–water partition coefficient (Wildman–Crippen LogP) is 2.43. The molecule has 1 aliphatic carbocycles. The molecule has 2 aliphatic rings. The Morgan fingerprint density at radius 3 is 2.91 bits per heavy atom. The van der Waals surface area contributed by atoms with Crippen LogP contribution in [-0.2, 0) is 4.79 Å². The molecule has 6 nitrogen and oxygen atoms in total. The van der Waals surface area contributed by atoms with Crippen molar-refractivity contribution in [1.82, 2.24) is 14.8 Å². The lowest BCUT2D eigenvalue weighted by Gasteiger charge is -2.24. The molecule has 2 aromatic rings. The zero-order valence-electron chi connectivity index (χ0n) is 12.5. The number of nitrogens with one attached hydrogen (secondary N) is 1. The summed E-state index contributed by atoms with van der Waals surface area (Å²) in [5.74, 6) is 1.98. The van der Waals surface area contributed by atoms with Gasteiger partial charge in [0.1, 0.15) is 11.6 Å². The molecule has 0 radical (unpaired) electrons. The van der Waals surface area contributed by atoms with Crippen LogP contribution in [0.5, 0.6) is 5.75 Å². The van der Waals surface area contributed by atoms with Crippen LogP contribution in [0.4, 0.5) is 5.95 Å². The molecule has 114 valence electrons. The molecule has 4 rings (SSSR count). The van der Waals surface area contributed by atoms with Crippen LogP contribution in [0.2, 0.25) is 0 Å². The minimum absolute atomic E-state index is 0.0370. The number of anilines is 1. The summed E-state index contributed by atoms with van der Waals surface area (Å²) in [7, 11) is 0. The fourth-order valence-corrected chi connectivity index (χ4v) is 3.04. The molecule has 1 N–H and O–H groups in total. The molecule has 1 aromatic heterocycles. The van der Waals surface area contributed by atoms with Crippen LogP contribution >= 0.6 is 0 Å². The van der Waals surface area contributed by atoms with E-state index in [0.717, 1.165) is 30.0 Å². The van der Waals surface area contributed by atoms with Crippen LogP contribution in [0.3, 0.4) is 0 Å². The zero-order valence-corrected chi connectivity index (χ0v) is 12.5. The van der Waals surface area contributed by atoms with Gasteiger partial charge in [0.15, 0.2) is 0 Å². The van der Waals surface area contributed by atoms with Gasteiger partial charge in [0.25, 0.3) is 0 Å². The highest BCUT2D eigenvalue weighted by atomic mass is 16.5. The summed E-state index contributed by atoms with van der Waals surface area (Å²) in [6, 6.07) is 8.16. The molecule has 0 spiro atoms. The Balaban J connectivity index is 1.59. The fourth-order valence-electron chi connectivity index (χ4n) is 3.04. The third kappa shape index (κ3) is 2.24. The summed E-state index contributed by atoms with van der Waals surface area (Å²) >= 11 is 0. The molecule has 1 unspecified atom stereocenters. The third-order valence-electron chi connectivity index (χ3n) is 4.29.